The molecule has 6 heteroatoms. The zero-order valence-electron chi connectivity index (χ0n) is 7.10. The molecule has 1 aromatic rings. The van der Waals surface area contributed by atoms with Gasteiger partial charge >= 0.3 is 5.69 Å². The number of nitro groups is 1. The smallest absolute Gasteiger partial charge is 0.312 e. The SMILES string of the molecule is Nc1ncc(C#CCS)cc1[N+](=O)[O-]. The largest absolute Gasteiger partial charge is 0.378 e. The van der Waals surface area contributed by atoms with E-state index >= 15 is 0 Å². The van der Waals surface area contributed by atoms with Gasteiger partial charge in [0, 0.05) is 17.8 Å². The molecule has 0 aromatic carbocycles. The third-order valence-electron chi connectivity index (χ3n) is 1.41. The third kappa shape index (κ3) is 2.37. The molecule has 0 unspecified atom stereocenters. The number of thiol groups is 1. The quantitative estimate of drug-likeness (QED) is 0.311. The van der Waals surface area contributed by atoms with E-state index in [9.17, 15) is 10.1 Å². The summed E-state index contributed by atoms with van der Waals surface area (Å²) in [6.07, 6.45) is 1.39. The van der Waals surface area contributed by atoms with Crippen LogP contribution < -0.4 is 5.73 Å². The fraction of sp³-hybridized carbons (Fsp3) is 0.125. The normalized spacial score (nSPS) is 8.93. The van der Waals surface area contributed by atoms with Crippen LogP contribution in [0.3, 0.4) is 0 Å². The maximum absolute atomic E-state index is 10.5. The Morgan fingerprint density at radius 2 is 2.43 bits per heavy atom. The van der Waals surface area contributed by atoms with Gasteiger partial charge in [0.15, 0.2) is 0 Å². The number of nitrogens with two attached hydrogens (primary N) is 1. The molecule has 0 saturated heterocycles. The number of nitrogens with zero attached hydrogens (tertiary/aromatic N) is 2. The monoisotopic (exact) mass is 209 g/mol. The van der Waals surface area contributed by atoms with E-state index in [1.54, 1.807) is 0 Å². The third-order valence-corrected chi connectivity index (χ3v) is 1.56. The van der Waals surface area contributed by atoms with Gasteiger partial charge in [0.2, 0.25) is 5.82 Å². The Morgan fingerprint density at radius 1 is 1.71 bits per heavy atom. The van der Waals surface area contributed by atoms with E-state index in [2.05, 4.69) is 29.5 Å². The molecule has 72 valence electrons. The van der Waals surface area contributed by atoms with E-state index in [1.165, 1.54) is 12.3 Å². The molecule has 0 saturated carbocycles. The van der Waals surface area contributed by atoms with E-state index in [-0.39, 0.29) is 11.5 Å². The predicted octanol–water partition coefficient (Wildman–Crippen LogP) is 0.853. The lowest BCUT2D eigenvalue weighted by atomic mass is 10.2. The number of rotatable bonds is 1. The molecule has 14 heavy (non-hydrogen) atoms. The molecule has 0 atom stereocenters. The van der Waals surface area contributed by atoms with E-state index in [4.69, 9.17) is 5.73 Å². The van der Waals surface area contributed by atoms with Crippen LogP contribution in [0, 0.1) is 22.0 Å². The fourth-order valence-corrected chi connectivity index (χ4v) is 0.899. The van der Waals surface area contributed by atoms with Crippen LogP contribution >= 0.6 is 12.6 Å². The van der Waals surface area contributed by atoms with Gasteiger partial charge in [0.05, 0.1) is 10.7 Å². The molecule has 1 heterocycles. The lowest BCUT2D eigenvalue weighted by Crippen LogP contribution is -1.98. The number of hydrogen-bond donors (Lipinski definition) is 2. The second-order valence-corrected chi connectivity index (χ2v) is 2.66. The molecule has 0 aliphatic rings. The first-order valence-electron chi connectivity index (χ1n) is 3.65. The van der Waals surface area contributed by atoms with Crippen LogP contribution in [0.2, 0.25) is 0 Å². The number of hydrogen-bond acceptors (Lipinski definition) is 5. The summed E-state index contributed by atoms with van der Waals surface area (Å²) >= 11 is 3.89. The number of nitrogen functional groups attached to an aromatic ring is 1. The van der Waals surface area contributed by atoms with Crippen molar-refractivity contribution < 1.29 is 4.92 Å². The molecule has 0 bridgehead atoms. The van der Waals surface area contributed by atoms with Crippen molar-refractivity contribution in [3.8, 4) is 11.8 Å². The van der Waals surface area contributed by atoms with Crippen molar-refractivity contribution >= 4 is 24.1 Å². The summed E-state index contributed by atoms with van der Waals surface area (Å²) in [5.74, 6) is 5.61. The Labute approximate surface area is 85.9 Å². The molecule has 0 radical (unpaired) electrons. The van der Waals surface area contributed by atoms with Crippen molar-refractivity contribution in [2.45, 2.75) is 0 Å². The van der Waals surface area contributed by atoms with Crippen molar-refractivity contribution in [1.82, 2.24) is 4.98 Å². The molecule has 1 aromatic heterocycles. The van der Waals surface area contributed by atoms with Gasteiger partial charge in [0.25, 0.3) is 0 Å². The van der Waals surface area contributed by atoms with Gasteiger partial charge in [-0.1, -0.05) is 11.8 Å². The van der Waals surface area contributed by atoms with Crippen LogP contribution in [0.1, 0.15) is 5.56 Å². The zero-order chi connectivity index (χ0) is 10.6. The van der Waals surface area contributed by atoms with Crippen LogP contribution in [0.5, 0.6) is 0 Å². The Bertz CT molecular complexity index is 422. The average molecular weight is 209 g/mol. The molecule has 0 spiro atoms. The second kappa shape index (κ2) is 4.48. The first-order chi connectivity index (χ1) is 6.65. The van der Waals surface area contributed by atoms with Crippen molar-refractivity contribution in [2.24, 2.45) is 0 Å². The van der Waals surface area contributed by atoms with Crippen LogP contribution in [0.15, 0.2) is 12.3 Å². The first kappa shape index (κ1) is 10.3. The maximum atomic E-state index is 10.5. The summed E-state index contributed by atoms with van der Waals surface area (Å²) in [6, 6.07) is 1.29. The van der Waals surface area contributed by atoms with Gasteiger partial charge in [-0.3, -0.25) is 10.1 Å². The zero-order valence-corrected chi connectivity index (χ0v) is 7.99. The minimum Gasteiger partial charge on any atom is -0.378 e. The van der Waals surface area contributed by atoms with Gasteiger partial charge in [-0.25, -0.2) is 4.98 Å². The second-order valence-electron chi connectivity index (χ2n) is 2.35. The highest BCUT2D eigenvalue weighted by Crippen LogP contribution is 2.18. The topological polar surface area (TPSA) is 82.0 Å². The van der Waals surface area contributed by atoms with Crippen molar-refractivity contribution in [2.75, 3.05) is 11.5 Å². The Hall–Kier alpha value is -1.74. The van der Waals surface area contributed by atoms with Gasteiger partial charge in [-0.2, -0.15) is 12.6 Å². The summed E-state index contributed by atoms with van der Waals surface area (Å²) in [4.78, 5) is 13.5. The fourth-order valence-electron chi connectivity index (χ4n) is 0.820. The summed E-state index contributed by atoms with van der Waals surface area (Å²) in [5.41, 5.74) is 5.54. The number of aromatic nitrogens is 1. The van der Waals surface area contributed by atoms with Crippen molar-refractivity contribution in [3.63, 3.8) is 0 Å². The average Bonchev–Trinajstić information content (AvgIpc) is 2.16. The minimum absolute atomic E-state index is 0.105. The highest BCUT2D eigenvalue weighted by Gasteiger charge is 2.12. The molecule has 0 aliphatic carbocycles. The van der Waals surface area contributed by atoms with E-state index in [1.807, 2.05) is 0 Å². The molecule has 2 N–H and O–H groups in total. The molecule has 1 rings (SSSR count). The lowest BCUT2D eigenvalue weighted by Gasteiger charge is -1.95. The van der Waals surface area contributed by atoms with Crippen LogP contribution in [0.4, 0.5) is 11.5 Å². The van der Waals surface area contributed by atoms with Gasteiger partial charge < -0.3 is 5.73 Å². The Morgan fingerprint density at radius 3 is 3.00 bits per heavy atom. The summed E-state index contributed by atoms with van der Waals surface area (Å²) in [7, 11) is 0. The molecule has 0 fully saturated rings. The highest BCUT2D eigenvalue weighted by atomic mass is 32.1. The molecular weight excluding hydrogens is 202 g/mol. The van der Waals surface area contributed by atoms with Gasteiger partial charge in [-0.15, -0.1) is 0 Å². The Kier molecular flexibility index (Phi) is 3.31. The summed E-state index contributed by atoms with van der Waals surface area (Å²) in [6.45, 7) is 0. The van der Waals surface area contributed by atoms with E-state index in [0.29, 0.717) is 11.3 Å². The van der Waals surface area contributed by atoms with Crippen LogP contribution in [-0.2, 0) is 0 Å². The Balaban J connectivity index is 3.13. The molecule has 5 nitrogen and oxygen atoms in total. The summed E-state index contributed by atoms with van der Waals surface area (Å²) in [5, 5.41) is 10.5. The van der Waals surface area contributed by atoms with E-state index in [0.717, 1.165) is 0 Å². The van der Waals surface area contributed by atoms with Crippen molar-refractivity contribution in [3.05, 3.63) is 27.9 Å². The molecule has 0 amide bonds. The maximum Gasteiger partial charge on any atom is 0.312 e. The molecule has 0 aliphatic heterocycles. The first-order valence-corrected chi connectivity index (χ1v) is 4.28. The van der Waals surface area contributed by atoms with Gasteiger partial charge in [0.1, 0.15) is 0 Å². The minimum atomic E-state index is -0.589. The predicted molar refractivity (Wildman–Crippen MR) is 56.0 cm³/mol. The van der Waals surface area contributed by atoms with E-state index < -0.39 is 4.92 Å². The standard InChI is InChI=1S/C8H7N3O2S/c9-8-7(11(12)13)4-6(5-10-8)2-1-3-14/h4-5,14H,3H2,(H2,9,10). The van der Waals surface area contributed by atoms with Crippen molar-refractivity contribution in [1.29, 1.82) is 0 Å². The van der Waals surface area contributed by atoms with Crippen LogP contribution in [-0.4, -0.2) is 15.7 Å². The summed E-state index contributed by atoms with van der Waals surface area (Å²) < 4.78 is 0. The number of anilines is 1. The van der Waals surface area contributed by atoms with Crippen LogP contribution in [0.25, 0.3) is 0 Å². The molecular formula is C8H7N3O2S. The van der Waals surface area contributed by atoms with Gasteiger partial charge in [-0.05, 0) is 0 Å². The lowest BCUT2D eigenvalue weighted by molar-refractivity contribution is -0.384. The number of pyridine rings is 1. The highest BCUT2D eigenvalue weighted by molar-refractivity contribution is 7.80.